The molecule has 0 bridgehead atoms. The summed E-state index contributed by atoms with van der Waals surface area (Å²) in [5.74, 6) is 0.231. The fraction of sp³-hybridized carbons (Fsp3) is 0.400. The van der Waals surface area contributed by atoms with Gasteiger partial charge in [0.05, 0.1) is 0 Å². The molecule has 1 amide bonds. The molecule has 1 rings (SSSR count). The maximum absolute atomic E-state index is 11.0. The standard InChI is InChI=1S/C5H8N4OS2/c6-4(7)11-1-2-3(10)9-5(8)12-2/h2H,1H2,(H3,6,7)(H2,8,9,10)/t2-/m1/s1. The maximum atomic E-state index is 11.0. The number of aliphatic imine (C=N–C) groups is 1. The minimum atomic E-state index is -0.265. The summed E-state index contributed by atoms with van der Waals surface area (Å²) in [5, 5.41) is 6.97. The Morgan fingerprint density at radius 1 is 1.83 bits per heavy atom. The van der Waals surface area contributed by atoms with Crippen LogP contribution in [0.15, 0.2) is 4.99 Å². The molecule has 1 aliphatic rings. The first-order valence-corrected chi connectivity index (χ1v) is 4.97. The zero-order valence-corrected chi connectivity index (χ0v) is 7.74. The van der Waals surface area contributed by atoms with Crippen molar-refractivity contribution in [2.45, 2.75) is 5.25 Å². The van der Waals surface area contributed by atoms with Gasteiger partial charge < -0.3 is 11.5 Å². The Bertz CT molecular complexity index is 252. The highest BCUT2D eigenvalue weighted by Crippen LogP contribution is 2.23. The van der Waals surface area contributed by atoms with Crippen molar-refractivity contribution in [2.75, 3.05) is 5.75 Å². The first kappa shape index (κ1) is 9.40. The number of hydrogen-bond acceptors (Lipinski definition) is 5. The molecule has 0 saturated heterocycles. The van der Waals surface area contributed by atoms with E-state index in [1.807, 2.05) is 0 Å². The highest BCUT2D eigenvalue weighted by Gasteiger charge is 2.26. The van der Waals surface area contributed by atoms with E-state index < -0.39 is 0 Å². The van der Waals surface area contributed by atoms with Crippen molar-refractivity contribution in [1.29, 1.82) is 5.41 Å². The van der Waals surface area contributed by atoms with E-state index in [1.54, 1.807) is 0 Å². The van der Waals surface area contributed by atoms with E-state index in [9.17, 15) is 4.79 Å². The molecule has 0 unspecified atom stereocenters. The quantitative estimate of drug-likeness (QED) is 0.418. The van der Waals surface area contributed by atoms with E-state index >= 15 is 0 Å². The predicted octanol–water partition coefficient (Wildman–Crippen LogP) is -0.430. The molecule has 1 aliphatic heterocycles. The van der Waals surface area contributed by atoms with Gasteiger partial charge in [-0.05, 0) is 0 Å². The zero-order chi connectivity index (χ0) is 9.14. The second-order valence-corrected chi connectivity index (χ2v) is 4.35. The van der Waals surface area contributed by atoms with Crippen LogP contribution >= 0.6 is 23.5 Å². The van der Waals surface area contributed by atoms with E-state index in [2.05, 4.69) is 4.99 Å². The summed E-state index contributed by atoms with van der Waals surface area (Å²) in [7, 11) is 0. The molecule has 1 heterocycles. The first-order valence-electron chi connectivity index (χ1n) is 3.11. The van der Waals surface area contributed by atoms with Gasteiger partial charge in [0.2, 0.25) is 0 Å². The molecule has 0 saturated carbocycles. The number of amides is 1. The van der Waals surface area contributed by atoms with Gasteiger partial charge in [0.25, 0.3) is 5.91 Å². The van der Waals surface area contributed by atoms with Crippen molar-refractivity contribution in [3.63, 3.8) is 0 Å². The van der Waals surface area contributed by atoms with Crippen molar-refractivity contribution in [2.24, 2.45) is 16.5 Å². The third-order valence-corrected chi connectivity index (χ3v) is 3.16. The summed E-state index contributed by atoms with van der Waals surface area (Å²) < 4.78 is 0. The number of thioether (sulfide) groups is 2. The van der Waals surface area contributed by atoms with E-state index in [-0.39, 0.29) is 16.3 Å². The normalized spacial score (nSPS) is 22.5. The SMILES string of the molecule is N=C(N)SC[C@H]1SC(N)=NC1=O. The summed E-state index contributed by atoms with van der Waals surface area (Å²) in [6.45, 7) is 0. The summed E-state index contributed by atoms with van der Waals surface area (Å²) in [4.78, 5) is 14.5. The fourth-order valence-electron chi connectivity index (χ4n) is 0.674. The van der Waals surface area contributed by atoms with Gasteiger partial charge in [-0.15, -0.1) is 0 Å². The Morgan fingerprint density at radius 2 is 2.50 bits per heavy atom. The van der Waals surface area contributed by atoms with Crippen molar-refractivity contribution in [3.8, 4) is 0 Å². The van der Waals surface area contributed by atoms with Crippen LogP contribution in [0.1, 0.15) is 0 Å². The first-order chi connectivity index (χ1) is 5.59. The molecule has 5 nitrogen and oxygen atoms in total. The monoisotopic (exact) mass is 204 g/mol. The van der Waals surface area contributed by atoms with Crippen LogP contribution in [0.4, 0.5) is 0 Å². The largest absolute Gasteiger partial charge is 0.379 e. The van der Waals surface area contributed by atoms with Crippen LogP contribution in [-0.2, 0) is 4.79 Å². The lowest BCUT2D eigenvalue weighted by molar-refractivity contribution is -0.116. The number of rotatable bonds is 2. The Labute approximate surface area is 77.9 Å². The second-order valence-electron chi connectivity index (χ2n) is 2.07. The highest BCUT2D eigenvalue weighted by molar-refractivity contribution is 8.18. The topological polar surface area (TPSA) is 105 Å². The van der Waals surface area contributed by atoms with Gasteiger partial charge in [0.1, 0.15) is 5.25 Å². The number of nitrogens with two attached hydrogens (primary N) is 2. The molecule has 12 heavy (non-hydrogen) atoms. The summed E-state index contributed by atoms with van der Waals surface area (Å²) in [6, 6.07) is 0. The molecular weight excluding hydrogens is 196 g/mol. The molecule has 0 radical (unpaired) electrons. The summed E-state index contributed by atoms with van der Waals surface area (Å²) in [5.41, 5.74) is 10.4. The number of nitrogens with zero attached hydrogens (tertiary/aromatic N) is 1. The molecule has 66 valence electrons. The van der Waals surface area contributed by atoms with Crippen LogP contribution < -0.4 is 11.5 Å². The highest BCUT2D eigenvalue weighted by atomic mass is 32.2. The van der Waals surface area contributed by atoms with Gasteiger partial charge >= 0.3 is 0 Å². The van der Waals surface area contributed by atoms with Crippen LogP contribution in [0.2, 0.25) is 0 Å². The lowest BCUT2D eigenvalue weighted by Gasteiger charge is -2.03. The van der Waals surface area contributed by atoms with E-state index in [4.69, 9.17) is 16.9 Å². The Morgan fingerprint density at radius 3 is 2.92 bits per heavy atom. The lowest BCUT2D eigenvalue weighted by atomic mass is 10.5. The van der Waals surface area contributed by atoms with Crippen molar-refractivity contribution >= 4 is 39.8 Å². The Hall–Kier alpha value is -0.690. The van der Waals surface area contributed by atoms with Gasteiger partial charge in [-0.3, -0.25) is 10.2 Å². The van der Waals surface area contributed by atoms with Gasteiger partial charge in [0, 0.05) is 5.75 Å². The Balaban J connectivity index is 2.37. The number of amidine groups is 2. The Kier molecular flexibility index (Phi) is 2.99. The van der Waals surface area contributed by atoms with Crippen LogP contribution in [0.25, 0.3) is 0 Å². The maximum Gasteiger partial charge on any atom is 0.262 e. The third-order valence-electron chi connectivity index (χ3n) is 1.15. The molecule has 5 N–H and O–H groups in total. The second kappa shape index (κ2) is 3.81. The lowest BCUT2D eigenvalue weighted by Crippen LogP contribution is -2.17. The van der Waals surface area contributed by atoms with Crippen molar-refractivity contribution in [1.82, 2.24) is 0 Å². The molecule has 0 aliphatic carbocycles. The van der Waals surface area contributed by atoms with E-state index in [0.29, 0.717) is 10.9 Å². The molecule has 0 fully saturated rings. The van der Waals surface area contributed by atoms with Gasteiger partial charge in [-0.25, -0.2) is 0 Å². The van der Waals surface area contributed by atoms with Crippen LogP contribution in [0.5, 0.6) is 0 Å². The van der Waals surface area contributed by atoms with Crippen molar-refractivity contribution in [3.05, 3.63) is 0 Å². The van der Waals surface area contributed by atoms with E-state index in [1.165, 1.54) is 11.8 Å². The predicted molar refractivity (Wildman–Crippen MR) is 52.4 cm³/mol. The average Bonchev–Trinajstić information content (AvgIpc) is 2.26. The molecule has 0 spiro atoms. The number of carbonyl (C=O) groups is 1. The summed E-state index contributed by atoms with van der Waals surface area (Å²) >= 11 is 2.35. The molecule has 1 atom stereocenters. The van der Waals surface area contributed by atoms with Gasteiger partial charge in [-0.1, -0.05) is 23.5 Å². The minimum Gasteiger partial charge on any atom is -0.379 e. The average molecular weight is 204 g/mol. The van der Waals surface area contributed by atoms with Crippen LogP contribution in [0, 0.1) is 5.41 Å². The summed E-state index contributed by atoms with van der Waals surface area (Å²) in [6.07, 6.45) is 0. The van der Waals surface area contributed by atoms with Gasteiger partial charge in [0.15, 0.2) is 10.3 Å². The van der Waals surface area contributed by atoms with Crippen LogP contribution in [0.3, 0.4) is 0 Å². The van der Waals surface area contributed by atoms with Crippen LogP contribution in [-0.4, -0.2) is 27.2 Å². The fourth-order valence-corrected chi connectivity index (χ4v) is 2.21. The molecule has 0 aromatic rings. The molecule has 7 heteroatoms. The zero-order valence-electron chi connectivity index (χ0n) is 6.11. The number of hydrogen-bond donors (Lipinski definition) is 3. The minimum absolute atomic E-state index is 0.00821. The number of nitrogens with one attached hydrogen (secondary N) is 1. The van der Waals surface area contributed by atoms with E-state index in [0.717, 1.165) is 11.8 Å². The molecule has 0 aromatic heterocycles. The number of carbonyl (C=O) groups excluding carboxylic acids is 1. The molecule has 0 aromatic carbocycles. The molecular formula is C5H8N4OS2. The third kappa shape index (κ3) is 2.42. The van der Waals surface area contributed by atoms with Crippen molar-refractivity contribution < 1.29 is 4.79 Å². The van der Waals surface area contributed by atoms with Gasteiger partial charge in [-0.2, -0.15) is 4.99 Å². The smallest absolute Gasteiger partial charge is 0.262 e.